The molecule has 0 aliphatic rings. The number of nitrogens with zero attached hydrogens (tertiary/aromatic N) is 1. The van der Waals surface area contributed by atoms with E-state index in [-0.39, 0.29) is 42.7 Å². The van der Waals surface area contributed by atoms with Crippen molar-refractivity contribution in [2.45, 2.75) is 161 Å². The van der Waals surface area contributed by atoms with Crippen LogP contribution in [0.3, 0.4) is 0 Å². The normalized spacial score (nSPS) is 13.4. The van der Waals surface area contributed by atoms with Gasteiger partial charge in [0.05, 0.1) is 40.3 Å². The molecule has 48 heavy (non-hydrogen) atoms. The minimum Gasteiger partial charge on any atom is -0.544 e. The lowest BCUT2D eigenvalue weighted by Gasteiger charge is -2.34. The zero-order valence-electron chi connectivity index (χ0n) is 31.4. The van der Waals surface area contributed by atoms with E-state index in [1.165, 1.54) is 57.8 Å². The van der Waals surface area contributed by atoms with Crippen molar-refractivity contribution >= 4 is 17.9 Å². The third-order valence-corrected chi connectivity index (χ3v) is 8.29. The van der Waals surface area contributed by atoms with Gasteiger partial charge in [-0.2, -0.15) is 0 Å². The molecule has 0 aliphatic heterocycles. The van der Waals surface area contributed by atoms with E-state index < -0.39 is 18.1 Å². The Bertz CT molecular complexity index is 891. The van der Waals surface area contributed by atoms with Gasteiger partial charge in [-0.15, -0.1) is 0 Å². The molecule has 0 fully saturated rings. The third kappa shape index (κ3) is 29.7. The van der Waals surface area contributed by atoms with Crippen molar-refractivity contribution in [2.24, 2.45) is 0 Å². The number of rotatable bonds is 33. The van der Waals surface area contributed by atoms with E-state index in [9.17, 15) is 19.5 Å². The maximum Gasteiger partial charge on any atom is 0.306 e. The number of carbonyl (C=O) groups excluding carboxylic acids is 3. The summed E-state index contributed by atoms with van der Waals surface area (Å²) in [5, 5.41) is 11.6. The summed E-state index contributed by atoms with van der Waals surface area (Å²) in [4.78, 5) is 36.6. The van der Waals surface area contributed by atoms with Crippen molar-refractivity contribution in [1.29, 1.82) is 0 Å². The summed E-state index contributed by atoms with van der Waals surface area (Å²) in [5.74, 6) is -1.79. The highest BCUT2D eigenvalue weighted by atomic mass is 16.6. The SMILES string of the molecule is CC/C=C/C/C=C/C/C=C/CCCCC(=O)OCC(COCCC(C(=O)[O-])[N+](C)(C)C)OC(=O)CCCCCCCCCCCCCC. The molecule has 0 rings (SSSR count). The highest BCUT2D eigenvalue weighted by Crippen LogP contribution is 2.14. The summed E-state index contributed by atoms with van der Waals surface area (Å²) in [6.07, 6.45) is 33.1. The summed E-state index contributed by atoms with van der Waals surface area (Å²) >= 11 is 0. The van der Waals surface area contributed by atoms with E-state index >= 15 is 0 Å². The third-order valence-electron chi connectivity index (χ3n) is 8.29. The standard InChI is InChI=1S/C40H71NO7/c1-6-8-10-12-14-16-18-20-22-24-26-28-30-38(42)47-35-36(34-46-33-32-37(40(44)45)41(3,4)5)48-39(43)31-29-27-25-23-21-19-17-15-13-11-9-7-2/h8,10,14,16,20,22,36-37H,6-7,9,11-13,15,17-19,21,23-35H2,1-5H3/b10-8+,16-14+,22-20+. The fraction of sp³-hybridized carbons (Fsp3) is 0.775. The van der Waals surface area contributed by atoms with Crippen LogP contribution in [0.1, 0.15) is 149 Å². The maximum absolute atomic E-state index is 12.6. The van der Waals surface area contributed by atoms with Crippen molar-refractivity contribution in [3.8, 4) is 0 Å². The molecule has 0 amide bonds. The van der Waals surface area contributed by atoms with Crippen molar-refractivity contribution in [3.63, 3.8) is 0 Å². The van der Waals surface area contributed by atoms with Crippen molar-refractivity contribution in [3.05, 3.63) is 36.5 Å². The van der Waals surface area contributed by atoms with Gasteiger partial charge < -0.3 is 28.6 Å². The fourth-order valence-corrected chi connectivity index (χ4v) is 5.32. The Kier molecular flexibility index (Phi) is 30.2. The molecule has 0 radical (unpaired) electrons. The first kappa shape index (κ1) is 45.6. The number of ether oxygens (including phenoxy) is 3. The minimum atomic E-state index is -1.13. The lowest BCUT2D eigenvalue weighted by atomic mass is 10.0. The fourth-order valence-electron chi connectivity index (χ4n) is 5.32. The van der Waals surface area contributed by atoms with E-state index in [4.69, 9.17) is 14.2 Å². The van der Waals surface area contributed by atoms with E-state index in [2.05, 4.69) is 50.3 Å². The van der Waals surface area contributed by atoms with Gasteiger partial charge in [0, 0.05) is 19.3 Å². The van der Waals surface area contributed by atoms with Crippen LogP contribution < -0.4 is 5.11 Å². The topological polar surface area (TPSA) is 102 Å². The summed E-state index contributed by atoms with van der Waals surface area (Å²) in [6, 6.07) is -0.728. The Morgan fingerprint density at radius 3 is 1.73 bits per heavy atom. The van der Waals surface area contributed by atoms with Crippen LogP contribution in [0.15, 0.2) is 36.5 Å². The number of carboxylic acid groups (broad SMARTS) is 1. The van der Waals surface area contributed by atoms with E-state index in [1.807, 2.05) is 0 Å². The van der Waals surface area contributed by atoms with Crippen LogP contribution >= 0.6 is 0 Å². The Morgan fingerprint density at radius 1 is 0.646 bits per heavy atom. The monoisotopic (exact) mass is 678 g/mol. The highest BCUT2D eigenvalue weighted by molar-refractivity contribution is 5.70. The molecule has 0 N–H and O–H groups in total. The minimum absolute atomic E-state index is 0.0303. The summed E-state index contributed by atoms with van der Waals surface area (Å²) < 4.78 is 17.0. The first-order valence-electron chi connectivity index (χ1n) is 19.0. The lowest BCUT2D eigenvalue weighted by molar-refractivity contribution is -0.889. The van der Waals surface area contributed by atoms with E-state index in [0.29, 0.717) is 12.8 Å². The number of hydrogen-bond donors (Lipinski definition) is 0. The van der Waals surface area contributed by atoms with Gasteiger partial charge in [-0.1, -0.05) is 121 Å². The van der Waals surface area contributed by atoms with Gasteiger partial charge in [0.1, 0.15) is 12.6 Å². The van der Waals surface area contributed by atoms with Gasteiger partial charge in [0.15, 0.2) is 6.10 Å². The van der Waals surface area contributed by atoms with Gasteiger partial charge in [0.2, 0.25) is 0 Å². The Balaban J connectivity index is 4.48. The average Bonchev–Trinajstić information content (AvgIpc) is 3.03. The largest absolute Gasteiger partial charge is 0.544 e. The van der Waals surface area contributed by atoms with Gasteiger partial charge in [-0.3, -0.25) is 9.59 Å². The van der Waals surface area contributed by atoms with Crippen LogP contribution in [-0.2, 0) is 28.6 Å². The predicted molar refractivity (Wildman–Crippen MR) is 194 cm³/mol. The summed E-state index contributed by atoms with van der Waals surface area (Å²) in [7, 11) is 5.38. The number of aliphatic carboxylic acids is 1. The number of likely N-dealkylation sites (N-methyl/N-ethyl adjacent to an activating group) is 1. The van der Waals surface area contributed by atoms with Gasteiger partial charge in [-0.25, -0.2) is 0 Å². The van der Waals surface area contributed by atoms with Gasteiger partial charge in [0.25, 0.3) is 0 Å². The highest BCUT2D eigenvalue weighted by Gasteiger charge is 2.25. The number of allylic oxidation sites excluding steroid dienone is 6. The molecule has 2 unspecified atom stereocenters. The second-order valence-electron chi connectivity index (χ2n) is 13.8. The number of carboxylic acids is 1. The van der Waals surface area contributed by atoms with Crippen molar-refractivity contribution in [1.82, 2.24) is 0 Å². The second kappa shape index (κ2) is 31.8. The smallest absolute Gasteiger partial charge is 0.306 e. The van der Waals surface area contributed by atoms with Crippen LogP contribution in [0.4, 0.5) is 0 Å². The number of carbonyl (C=O) groups is 3. The molecule has 8 heteroatoms. The molecular formula is C40H71NO7. The molecule has 0 aliphatic carbocycles. The molecule has 0 aromatic rings. The Morgan fingerprint density at radius 2 is 1.17 bits per heavy atom. The average molecular weight is 678 g/mol. The van der Waals surface area contributed by atoms with Crippen LogP contribution in [0.25, 0.3) is 0 Å². The molecule has 2 atom stereocenters. The first-order valence-corrected chi connectivity index (χ1v) is 19.0. The molecule has 0 aromatic heterocycles. The molecule has 8 nitrogen and oxygen atoms in total. The number of quaternary nitrogens is 1. The van der Waals surface area contributed by atoms with Crippen LogP contribution in [0, 0.1) is 0 Å². The second-order valence-corrected chi connectivity index (χ2v) is 13.8. The Labute approximate surface area is 293 Å². The lowest BCUT2D eigenvalue weighted by Crippen LogP contribution is -2.55. The van der Waals surface area contributed by atoms with Crippen molar-refractivity contribution in [2.75, 3.05) is 41.0 Å². The first-order chi connectivity index (χ1) is 23.1. The van der Waals surface area contributed by atoms with Crippen LogP contribution in [-0.4, -0.2) is 75.5 Å². The van der Waals surface area contributed by atoms with Gasteiger partial charge in [-0.05, 0) is 44.9 Å². The van der Waals surface area contributed by atoms with E-state index in [1.54, 1.807) is 21.1 Å². The Hall–Kier alpha value is -2.45. The number of hydrogen-bond acceptors (Lipinski definition) is 7. The summed E-state index contributed by atoms with van der Waals surface area (Å²) in [6.45, 7) is 4.48. The summed E-state index contributed by atoms with van der Waals surface area (Å²) in [5.41, 5.74) is 0. The van der Waals surface area contributed by atoms with Crippen LogP contribution in [0.5, 0.6) is 0 Å². The molecular weight excluding hydrogens is 606 g/mol. The quantitative estimate of drug-likeness (QED) is 0.0299. The molecule has 0 spiro atoms. The van der Waals surface area contributed by atoms with Gasteiger partial charge >= 0.3 is 11.9 Å². The zero-order chi connectivity index (χ0) is 35.7. The van der Waals surface area contributed by atoms with Crippen molar-refractivity contribution < 1.29 is 38.2 Å². The zero-order valence-corrected chi connectivity index (χ0v) is 31.4. The molecule has 0 saturated heterocycles. The molecule has 0 saturated carbocycles. The molecule has 278 valence electrons. The molecule has 0 heterocycles. The molecule has 0 aromatic carbocycles. The molecule has 0 bridgehead atoms. The van der Waals surface area contributed by atoms with Crippen LogP contribution in [0.2, 0.25) is 0 Å². The van der Waals surface area contributed by atoms with E-state index in [0.717, 1.165) is 57.8 Å². The number of unbranched alkanes of at least 4 members (excludes halogenated alkanes) is 13. The number of esters is 2. The maximum atomic E-state index is 12.6. The predicted octanol–water partition coefficient (Wildman–Crippen LogP) is 8.18.